The number of aromatic nitrogens is 3. The van der Waals surface area contributed by atoms with Gasteiger partial charge in [-0.3, -0.25) is 14.8 Å². The number of likely N-dealkylation sites (tertiary alicyclic amines) is 1. The van der Waals surface area contributed by atoms with Crippen LogP contribution in [0.25, 0.3) is 0 Å². The van der Waals surface area contributed by atoms with E-state index in [9.17, 15) is 27.5 Å². The molecule has 4 rings (SSSR count). The van der Waals surface area contributed by atoms with Crippen LogP contribution >= 0.6 is 0 Å². The third-order valence-electron chi connectivity index (χ3n) is 7.03. The lowest BCUT2D eigenvalue weighted by Gasteiger charge is -2.44. The molecule has 2 atom stereocenters. The minimum Gasteiger partial charge on any atom is -0.481 e. The number of aliphatic carboxylic acids is 1. The molecule has 0 bridgehead atoms. The molecule has 1 aliphatic rings. The van der Waals surface area contributed by atoms with Crippen LogP contribution in [-0.4, -0.2) is 43.7 Å². The number of benzene rings is 1. The average Bonchev–Trinajstić information content (AvgIpc) is 3.26. The molecular weight excluding hydrogens is 490 g/mol. The molecule has 1 aromatic carbocycles. The largest absolute Gasteiger partial charge is 0.481 e. The predicted octanol–water partition coefficient (Wildman–Crippen LogP) is 5.70. The van der Waals surface area contributed by atoms with E-state index in [1.54, 1.807) is 12.1 Å². The third-order valence-corrected chi connectivity index (χ3v) is 7.03. The number of anilines is 2. The zero-order chi connectivity index (χ0) is 26.8. The van der Waals surface area contributed by atoms with Crippen molar-refractivity contribution < 1.29 is 27.5 Å². The lowest BCUT2D eigenvalue weighted by molar-refractivity contribution is -0.154. The molecule has 0 unspecified atom stereocenters. The van der Waals surface area contributed by atoms with Crippen molar-refractivity contribution in [2.24, 2.45) is 5.41 Å². The number of H-pyrrole nitrogens is 1. The molecule has 3 N–H and O–H groups in total. The molecule has 2 aromatic heterocycles. The molecule has 0 aliphatic carbocycles. The van der Waals surface area contributed by atoms with E-state index in [0.29, 0.717) is 18.1 Å². The van der Waals surface area contributed by atoms with Crippen LogP contribution in [0.15, 0.2) is 42.5 Å². The minimum absolute atomic E-state index is 0.0189. The molecule has 1 aliphatic heterocycles. The fourth-order valence-electron chi connectivity index (χ4n) is 5.03. The quantitative estimate of drug-likeness (QED) is 0.331. The van der Waals surface area contributed by atoms with E-state index in [1.807, 2.05) is 18.7 Å². The maximum atomic E-state index is 14.8. The van der Waals surface area contributed by atoms with Gasteiger partial charge in [0, 0.05) is 30.8 Å². The first-order valence-corrected chi connectivity index (χ1v) is 12.1. The van der Waals surface area contributed by atoms with Gasteiger partial charge < -0.3 is 10.4 Å². The van der Waals surface area contributed by atoms with Crippen molar-refractivity contribution >= 4 is 17.6 Å². The summed E-state index contributed by atoms with van der Waals surface area (Å²) in [4.78, 5) is 18.8. The van der Waals surface area contributed by atoms with Crippen LogP contribution in [0.2, 0.25) is 0 Å². The van der Waals surface area contributed by atoms with Crippen molar-refractivity contribution in [2.45, 2.75) is 58.3 Å². The number of aromatic amines is 1. The number of hydrogen-bond acceptors (Lipinski definition) is 5. The zero-order valence-corrected chi connectivity index (χ0v) is 20.6. The molecule has 198 valence electrons. The van der Waals surface area contributed by atoms with E-state index < -0.39 is 28.9 Å². The van der Waals surface area contributed by atoms with E-state index in [2.05, 4.69) is 20.5 Å². The van der Waals surface area contributed by atoms with Gasteiger partial charge in [0.25, 0.3) is 0 Å². The summed E-state index contributed by atoms with van der Waals surface area (Å²) in [5.74, 6) is -0.853. The summed E-state index contributed by atoms with van der Waals surface area (Å²) in [6.07, 6.45) is -3.74. The fraction of sp³-hybridized carbons (Fsp3) is 0.423. The highest BCUT2D eigenvalue weighted by Crippen LogP contribution is 2.41. The first-order chi connectivity index (χ1) is 17.5. The Balaban J connectivity index is 1.55. The molecule has 3 heterocycles. The maximum absolute atomic E-state index is 14.8. The molecular formula is C26H29F4N5O2. The summed E-state index contributed by atoms with van der Waals surface area (Å²) in [5, 5.41) is 20.1. The highest BCUT2D eigenvalue weighted by Gasteiger charge is 2.46. The number of piperidine rings is 1. The zero-order valence-electron chi connectivity index (χ0n) is 20.6. The van der Waals surface area contributed by atoms with Gasteiger partial charge in [-0.15, -0.1) is 0 Å². The Bertz CT molecular complexity index is 1260. The first-order valence-electron chi connectivity index (χ1n) is 12.1. The van der Waals surface area contributed by atoms with Gasteiger partial charge in [0.1, 0.15) is 11.6 Å². The Labute approximate surface area is 211 Å². The third kappa shape index (κ3) is 5.93. The number of carboxylic acid groups (broad SMARTS) is 1. The molecule has 0 spiro atoms. The van der Waals surface area contributed by atoms with E-state index in [0.717, 1.165) is 11.8 Å². The Morgan fingerprint density at radius 3 is 2.65 bits per heavy atom. The van der Waals surface area contributed by atoms with Crippen molar-refractivity contribution in [3.05, 3.63) is 70.8 Å². The van der Waals surface area contributed by atoms with Gasteiger partial charge in [0.2, 0.25) is 0 Å². The van der Waals surface area contributed by atoms with E-state index >= 15 is 0 Å². The standard InChI is InChI=1S/C26H29F4N5O2/c1-3-18-13-25(24(36)37,10-11-35(18)15-17-6-4-5-7-19(17)26(28,29)30)14-21-20(27)8-9-22(31-21)32-23-12-16(2)33-34-23/h4-9,12,18H,3,10-11,13-15H2,1-2H3,(H,36,37)(H2,31,32,33,34)/t18-,25-/m1/s1. The number of pyridine rings is 1. The normalized spacial score (nSPS) is 20.6. The Morgan fingerprint density at radius 2 is 2.00 bits per heavy atom. The highest BCUT2D eigenvalue weighted by atomic mass is 19.4. The summed E-state index contributed by atoms with van der Waals surface area (Å²) in [5.41, 5.74) is -0.995. The molecule has 3 aromatic rings. The molecule has 1 saturated heterocycles. The smallest absolute Gasteiger partial charge is 0.416 e. The van der Waals surface area contributed by atoms with Crippen LogP contribution < -0.4 is 5.32 Å². The number of aryl methyl sites for hydroxylation is 1. The lowest BCUT2D eigenvalue weighted by Crippen LogP contribution is -2.50. The number of hydrogen-bond donors (Lipinski definition) is 3. The second-order valence-corrected chi connectivity index (χ2v) is 9.59. The van der Waals surface area contributed by atoms with Crippen LogP contribution in [0.5, 0.6) is 0 Å². The van der Waals surface area contributed by atoms with Crippen molar-refractivity contribution in [1.82, 2.24) is 20.1 Å². The second kappa shape index (κ2) is 10.5. The van der Waals surface area contributed by atoms with Gasteiger partial charge in [0.05, 0.1) is 16.7 Å². The number of alkyl halides is 3. The number of halogens is 4. The Hall–Kier alpha value is -3.47. The second-order valence-electron chi connectivity index (χ2n) is 9.59. The summed E-state index contributed by atoms with van der Waals surface area (Å²) >= 11 is 0. The van der Waals surface area contributed by atoms with E-state index in [1.165, 1.54) is 24.3 Å². The van der Waals surface area contributed by atoms with Crippen molar-refractivity contribution in [1.29, 1.82) is 0 Å². The Morgan fingerprint density at radius 1 is 1.24 bits per heavy atom. The molecule has 0 radical (unpaired) electrons. The number of nitrogens with zero attached hydrogens (tertiary/aromatic N) is 3. The van der Waals surface area contributed by atoms with Gasteiger partial charge in [-0.2, -0.15) is 18.3 Å². The Kier molecular flexibility index (Phi) is 7.54. The van der Waals surface area contributed by atoms with Gasteiger partial charge in [-0.1, -0.05) is 25.1 Å². The van der Waals surface area contributed by atoms with Crippen molar-refractivity contribution in [3.8, 4) is 0 Å². The molecule has 11 heteroatoms. The first kappa shape index (κ1) is 26.6. The van der Waals surface area contributed by atoms with Gasteiger partial charge in [-0.05, 0) is 56.5 Å². The summed E-state index contributed by atoms with van der Waals surface area (Å²) < 4.78 is 55.3. The lowest BCUT2D eigenvalue weighted by atomic mass is 9.71. The summed E-state index contributed by atoms with van der Waals surface area (Å²) in [6, 6.07) is 9.58. The van der Waals surface area contributed by atoms with Crippen molar-refractivity contribution in [3.63, 3.8) is 0 Å². The SMILES string of the molecule is CC[C@@H]1C[C@](Cc2nc(Nc3cc(C)[nH]n3)ccc2F)(C(=O)O)CCN1Cc1ccccc1C(F)(F)F. The number of carbonyl (C=O) groups is 1. The van der Waals surface area contributed by atoms with Crippen LogP contribution in [0, 0.1) is 18.2 Å². The number of rotatable bonds is 8. The van der Waals surface area contributed by atoms with Gasteiger partial charge in [-0.25, -0.2) is 9.37 Å². The molecule has 37 heavy (non-hydrogen) atoms. The van der Waals surface area contributed by atoms with Gasteiger partial charge >= 0.3 is 12.1 Å². The predicted molar refractivity (Wildman–Crippen MR) is 130 cm³/mol. The topological polar surface area (TPSA) is 94.1 Å². The molecule has 0 saturated carbocycles. The highest BCUT2D eigenvalue weighted by molar-refractivity contribution is 5.75. The van der Waals surface area contributed by atoms with E-state index in [-0.39, 0.29) is 49.7 Å². The summed E-state index contributed by atoms with van der Waals surface area (Å²) in [6.45, 7) is 4.03. The molecule has 0 amide bonds. The fourth-order valence-corrected chi connectivity index (χ4v) is 5.03. The van der Waals surface area contributed by atoms with Crippen LogP contribution in [0.4, 0.5) is 29.2 Å². The van der Waals surface area contributed by atoms with E-state index in [4.69, 9.17) is 0 Å². The maximum Gasteiger partial charge on any atom is 0.416 e. The van der Waals surface area contributed by atoms with Gasteiger partial charge in [0.15, 0.2) is 5.82 Å². The average molecular weight is 520 g/mol. The van der Waals surface area contributed by atoms with Crippen LogP contribution in [0.3, 0.4) is 0 Å². The molecule has 1 fully saturated rings. The summed E-state index contributed by atoms with van der Waals surface area (Å²) in [7, 11) is 0. The minimum atomic E-state index is -4.48. The number of nitrogens with one attached hydrogen (secondary N) is 2. The van der Waals surface area contributed by atoms with Crippen LogP contribution in [0.1, 0.15) is 48.7 Å². The number of carboxylic acids is 1. The van der Waals surface area contributed by atoms with Crippen molar-refractivity contribution in [2.75, 3.05) is 11.9 Å². The monoisotopic (exact) mass is 519 g/mol. The molecule has 7 nitrogen and oxygen atoms in total. The van der Waals surface area contributed by atoms with Crippen LogP contribution in [-0.2, 0) is 23.9 Å².